The second-order valence-corrected chi connectivity index (χ2v) is 11.6. The number of hydrogen-bond donors (Lipinski definition) is 1. The number of benzene rings is 2. The second kappa shape index (κ2) is 12.5. The zero-order valence-electron chi connectivity index (χ0n) is 22.8. The number of piperidine rings is 1. The molecule has 40 heavy (non-hydrogen) atoms. The zero-order valence-corrected chi connectivity index (χ0v) is 23.6. The maximum Gasteiger partial charge on any atom is 0.294 e. The molecule has 214 valence electrons. The van der Waals surface area contributed by atoms with Crippen LogP contribution in [-0.4, -0.2) is 66.0 Å². The molecule has 1 unspecified atom stereocenters. The molecule has 0 aromatic heterocycles. The standard InChI is InChI=1S/C30H36F3N5OS/c1-20(2)36-12-10-23(11-13-36)22-6-8-26(9-7-22)38(21(3)37-14-16-40-17-15-37)19-25-5-4-24(18-27(25)31)29-34-35-30(39-29)28(32)33/h4-9,18,23,28,30,35H,1,3,10-17,19H2,2H3. The van der Waals surface area contributed by atoms with Crippen LogP contribution in [0.25, 0.3) is 0 Å². The molecule has 1 N–H and O–H groups in total. The molecular formula is C30H36F3N5OS. The Balaban J connectivity index is 1.34. The van der Waals surface area contributed by atoms with Gasteiger partial charge in [0.25, 0.3) is 6.43 Å². The number of hydrazone groups is 1. The third-order valence-electron chi connectivity index (χ3n) is 7.79. The maximum absolute atomic E-state index is 15.4. The summed E-state index contributed by atoms with van der Waals surface area (Å²) < 4.78 is 46.4. The van der Waals surface area contributed by atoms with Crippen LogP contribution in [0.1, 0.15) is 42.4 Å². The van der Waals surface area contributed by atoms with Crippen molar-refractivity contribution in [3.05, 3.63) is 89.6 Å². The first-order valence-electron chi connectivity index (χ1n) is 13.7. The van der Waals surface area contributed by atoms with Gasteiger partial charge in [-0.1, -0.05) is 31.4 Å². The van der Waals surface area contributed by atoms with Gasteiger partial charge < -0.3 is 19.4 Å². The van der Waals surface area contributed by atoms with Crippen LogP contribution in [0, 0.1) is 5.82 Å². The van der Waals surface area contributed by atoms with E-state index in [0.29, 0.717) is 17.0 Å². The molecule has 0 saturated carbocycles. The van der Waals surface area contributed by atoms with Gasteiger partial charge in [0.1, 0.15) is 11.6 Å². The second-order valence-electron chi connectivity index (χ2n) is 10.4. The maximum atomic E-state index is 15.4. The van der Waals surface area contributed by atoms with Crippen molar-refractivity contribution in [1.29, 1.82) is 0 Å². The Labute approximate surface area is 238 Å². The molecule has 3 aliphatic heterocycles. The average Bonchev–Trinajstić information content (AvgIpc) is 3.48. The summed E-state index contributed by atoms with van der Waals surface area (Å²) in [5.74, 6) is 2.87. The molecule has 0 bridgehead atoms. The first-order valence-corrected chi connectivity index (χ1v) is 14.8. The first-order chi connectivity index (χ1) is 19.3. The van der Waals surface area contributed by atoms with Gasteiger partial charge in [-0.25, -0.2) is 13.2 Å². The summed E-state index contributed by atoms with van der Waals surface area (Å²) in [6.45, 7) is 14.6. The highest BCUT2D eigenvalue weighted by Crippen LogP contribution is 2.32. The van der Waals surface area contributed by atoms with E-state index in [0.717, 1.165) is 67.7 Å². The summed E-state index contributed by atoms with van der Waals surface area (Å²) in [7, 11) is 0. The summed E-state index contributed by atoms with van der Waals surface area (Å²) in [6, 6.07) is 13.2. The lowest BCUT2D eigenvalue weighted by atomic mass is 9.89. The van der Waals surface area contributed by atoms with E-state index in [1.165, 1.54) is 11.6 Å². The van der Waals surface area contributed by atoms with Crippen molar-refractivity contribution in [1.82, 2.24) is 15.2 Å². The van der Waals surface area contributed by atoms with Crippen LogP contribution in [0.4, 0.5) is 18.9 Å². The number of hydrogen-bond acceptors (Lipinski definition) is 7. The Kier molecular flexibility index (Phi) is 8.83. The number of thioether (sulfide) groups is 1. The van der Waals surface area contributed by atoms with Crippen LogP contribution in [0.5, 0.6) is 0 Å². The van der Waals surface area contributed by atoms with Crippen LogP contribution < -0.4 is 10.3 Å². The molecule has 5 rings (SSSR count). The normalized spacial score (nSPS) is 19.7. The Morgan fingerprint density at radius 3 is 2.38 bits per heavy atom. The molecule has 3 aliphatic rings. The molecule has 10 heteroatoms. The molecule has 2 saturated heterocycles. The van der Waals surface area contributed by atoms with Gasteiger partial charge in [-0.3, -0.25) is 5.43 Å². The van der Waals surface area contributed by atoms with Crippen LogP contribution in [0.3, 0.4) is 0 Å². The summed E-state index contributed by atoms with van der Waals surface area (Å²) >= 11 is 1.92. The zero-order chi connectivity index (χ0) is 28.2. The molecule has 2 aromatic carbocycles. The van der Waals surface area contributed by atoms with Crippen LogP contribution in [0.2, 0.25) is 0 Å². The third kappa shape index (κ3) is 6.37. The van der Waals surface area contributed by atoms with Crippen molar-refractivity contribution in [2.75, 3.05) is 42.6 Å². The van der Waals surface area contributed by atoms with Crippen molar-refractivity contribution in [2.45, 2.75) is 44.9 Å². The first kappa shape index (κ1) is 28.3. The summed E-state index contributed by atoms with van der Waals surface area (Å²) in [4.78, 5) is 6.65. The highest BCUT2D eigenvalue weighted by molar-refractivity contribution is 7.99. The van der Waals surface area contributed by atoms with E-state index < -0.39 is 18.5 Å². The minimum atomic E-state index is -2.74. The quantitative estimate of drug-likeness (QED) is 0.402. The molecule has 0 aliphatic carbocycles. The number of ether oxygens (including phenoxy) is 1. The summed E-state index contributed by atoms with van der Waals surface area (Å²) in [5, 5.41) is 3.79. The van der Waals surface area contributed by atoms with E-state index in [2.05, 4.69) is 69.6 Å². The lowest BCUT2D eigenvalue weighted by molar-refractivity contribution is 0.000583. The van der Waals surface area contributed by atoms with Gasteiger partial charge in [0, 0.05) is 60.2 Å². The molecule has 3 heterocycles. The van der Waals surface area contributed by atoms with Crippen LogP contribution >= 0.6 is 11.8 Å². The van der Waals surface area contributed by atoms with Crippen molar-refractivity contribution >= 4 is 23.3 Å². The predicted octanol–water partition coefficient (Wildman–Crippen LogP) is 5.94. The van der Waals surface area contributed by atoms with Gasteiger partial charge in [-0.2, -0.15) is 11.8 Å². The number of nitrogens with one attached hydrogen (secondary N) is 1. The predicted molar refractivity (Wildman–Crippen MR) is 156 cm³/mol. The highest BCUT2D eigenvalue weighted by atomic mass is 32.2. The number of halogens is 3. The lowest BCUT2D eigenvalue weighted by Gasteiger charge is -2.38. The molecule has 2 aromatic rings. The topological polar surface area (TPSA) is 43.3 Å². The molecule has 6 nitrogen and oxygen atoms in total. The SMILES string of the molecule is C=C(C)N1CCC(c2ccc(N(Cc3ccc(C4=NNC(C(F)F)O4)cc3F)C(=C)N3CCSCC3)cc2)CC1. The number of likely N-dealkylation sites (tertiary alicyclic amines) is 1. The van der Waals surface area contributed by atoms with Gasteiger partial charge in [0.15, 0.2) is 0 Å². The number of rotatable bonds is 9. The minimum Gasteiger partial charge on any atom is -0.445 e. The van der Waals surface area contributed by atoms with E-state index in [9.17, 15) is 8.78 Å². The molecule has 0 spiro atoms. The van der Waals surface area contributed by atoms with E-state index in [4.69, 9.17) is 4.74 Å². The largest absolute Gasteiger partial charge is 0.445 e. The third-order valence-corrected chi connectivity index (χ3v) is 8.73. The number of alkyl halides is 2. The van der Waals surface area contributed by atoms with E-state index >= 15 is 4.39 Å². The lowest BCUT2D eigenvalue weighted by Crippen LogP contribution is -2.39. The molecule has 0 radical (unpaired) electrons. The Morgan fingerprint density at radius 1 is 1.07 bits per heavy atom. The molecule has 1 atom stereocenters. The summed E-state index contributed by atoms with van der Waals surface area (Å²) in [6.07, 6.45) is -2.09. The molecular weight excluding hydrogens is 535 g/mol. The molecule has 2 fully saturated rings. The summed E-state index contributed by atoms with van der Waals surface area (Å²) in [5.41, 5.74) is 6.39. The number of anilines is 1. The van der Waals surface area contributed by atoms with Crippen LogP contribution in [0.15, 0.2) is 72.2 Å². The van der Waals surface area contributed by atoms with Gasteiger partial charge in [-0.05, 0) is 55.5 Å². The van der Waals surface area contributed by atoms with E-state index in [1.807, 2.05) is 11.8 Å². The van der Waals surface area contributed by atoms with E-state index in [-0.39, 0.29) is 12.4 Å². The van der Waals surface area contributed by atoms with Gasteiger partial charge in [0.05, 0.1) is 6.54 Å². The number of allylic oxidation sites excluding steroid dienone is 1. The Hall–Kier alpha value is -3.27. The Bertz CT molecular complexity index is 1240. The fourth-order valence-corrected chi connectivity index (χ4v) is 6.26. The Morgan fingerprint density at radius 2 is 1.77 bits per heavy atom. The van der Waals surface area contributed by atoms with Crippen LogP contribution in [-0.2, 0) is 11.3 Å². The average molecular weight is 572 g/mol. The van der Waals surface area contributed by atoms with Gasteiger partial charge >= 0.3 is 0 Å². The van der Waals surface area contributed by atoms with Gasteiger partial charge in [-0.15, -0.1) is 5.10 Å². The van der Waals surface area contributed by atoms with Gasteiger partial charge in [0.2, 0.25) is 12.1 Å². The van der Waals surface area contributed by atoms with Crippen molar-refractivity contribution < 1.29 is 17.9 Å². The smallest absolute Gasteiger partial charge is 0.294 e. The van der Waals surface area contributed by atoms with Crippen molar-refractivity contribution in [3.63, 3.8) is 0 Å². The fourth-order valence-electron chi connectivity index (χ4n) is 5.36. The number of nitrogens with zero attached hydrogens (tertiary/aromatic N) is 4. The monoisotopic (exact) mass is 571 g/mol. The van der Waals surface area contributed by atoms with E-state index in [1.54, 1.807) is 12.1 Å². The van der Waals surface area contributed by atoms with Crippen molar-refractivity contribution in [2.24, 2.45) is 5.10 Å². The molecule has 0 amide bonds. The highest BCUT2D eigenvalue weighted by Gasteiger charge is 2.29. The fraction of sp³-hybridized carbons (Fsp3) is 0.433. The van der Waals surface area contributed by atoms with Crippen molar-refractivity contribution in [3.8, 4) is 0 Å². The minimum absolute atomic E-state index is 0.0486.